The fraction of sp³-hybridized carbons (Fsp3) is 0. The lowest BCUT2D eigenvalue weighted by molar-refractivity contribution is 1.21. The molecule has 0 saturated carbocycles. The van der Waals surface area contributed by atoms with Gasteiger partial charge in [-0.2, -0.15) is 0 Å². The molecule has 0 aliphatic rings. The SMILES string of the molecule is Brc1cccc2c1cn1ccccc21. The van der Waals surface area contributed by atoms with E-state index in [0.717, 1.165) is 4.47 Å². The van der Waals surface area contributed by atoms with Gasteiger partial charge in [-0.05, 0) is 18.2 Å². The lowest BCUT2D eigenvalue weighted by Crippen LogP contribution is -1.76. The van der Waals surface area contributed by atoms with Gasteiger partial charge in [0.25, 0.3) is 0 Å². The number of halogens is 1. The Bertz CT molecular complexity index is 610. The second-order valence-corrected chi connectivity index (χ2v) is 4.18. The molecule has 1 nitrogen and oxygen atoms in total. The average Bonchev–Trinajstić information content (AvgIpc) is 2.59. The maximum absolute atomic E-state index is 3.56. The normalized spacial score (nSPS) is 11.2. The van der Waals surface area contributed by atoms with Crippen LogP contribution >= 0.6 is 15.9 Å². The third-order valence-corrected chi connectivity index (χ3v) is 3.18. The van der Waals surface area contributed by atoms with Gasteiger partial charge < -0.3 is 4.40 Å². The highest BCUT2D eigenvalue weighted by molar-refractivity contribution is 9.10. The molecule has 2 heteroatoms. The van der Waals surface area contributed by atoms with Crippen LogP contribution in [0.4, 0.5) is 0 Å². The maximum atomic E-state index is 3.56. The number of aromatic nitrogens is 1. The van der Waals surface area contributed by atoms with Crippen LogP contribution in [0, 0.1) is 0 Å². The Morgan fingerprint density at radius 1 is 0.929 bits per heavy atom. The minimum absolute atomic E-state index is 1.15. The van der Waals surface area contributed by atoms with Gasteiger partial charge in [-0.15, -0.1) is 0 Å². The van der Waals surface area contributed by atoms with Gasteiger partial charge in [-0.3, -0.25) is 0 Å². The summed E-state index contributed by atoms with van der Waals surface area (Å²) in [4.78, 5) is 0. The summed E-state index contributed by atoms with van der Waals surface area (Å²) >= 11 is 3.56. The number of benzene rings is 1. The molecule has 0 radical (unpaired) electrons. The molecule has 0 aliphatic carbocycles. The van der Waals surface area contributed by atoms with Crippen LogP contribution in [0.25, 0.3) is 16.3 Å². The molecule has 14 heavy (non-hydrogen) atoms. The van der Waals surface area contributed by atoms with E-state index in [1.807, 2.05) is 6.07 Å². The van der Waals surface area contributed by atoms with Crippen LogP contribution in [0.1, 0.15) is 0 Å². The molecule has 0 fully saturated rings. The molecule has 3 aromatic rings. The molecule has 1 aromatic carbocycles. The van der Waals surface area contributed by atoms with E-state index in [9.17, 15) is 0 Å². The Hall–Kier alpha value is -1.28. The molecule has 0 spiro atoms. The average molecular weight is 246 g/mol. The third-order valence-electron chi connectivity index (χ3n) is 2.49. The quantitative estimate of drug-likeness (QED) is 0.567. The van der Waals surface area contributed by atoms with Crippen molar-refractivity contribution in [3.63, 3.8) is 0 Å². The van der Waals surface area contributed by atoms with Crippen molar-refractivity contribution in [1.29, 1.82) is 0 Å². The summed E-state index contributed by atoms with van der Waals surface area (Å²) in [5.74, 6) is 0. The van der Waals surface area contributed by atoms with Crippen LogP contribution in [-0.2, 0) is 0 Å². The van der Waals surface area contributed by atoms with E-state index in [1.54, 1.807) is 0 Å². The zero-order valence-corrected chi connectivity index (χ0v) is 9.03. The molecule has 0 amide bonds. The van der Waals surface area contributed by atoms with E-state index in [4.69, 9.17) is 0 Å². The fourth-order valence-electron chi connectivity index (χ4n) is 1.83. The summed E-state index contributed by atoms with van der Waals surface area (Å²) in [6, 6.07) is 12.5. The van der Waals surface area contributed by atoms with Gasteiger partial charge in [0.1, 0.15) is 0 Å². The van der Waals surface area contributed by atoms with Crippen LogP contribution in [0.5, 0.6) is 0 Å². The third kappa shape index (κ3) is 1.01. The van der Waals surface area contributed by atoms with E-state index in [1.165, 1.54) is 16.3 Å². The first-order valence-electron chi connectivity index (χ1n) is 4.50. The van der Waals surface area contributed by atoms with Gasteiger partial charge in [0.15, 0.2) is 0 Å². The summed E-state index contributed by atoms with van der Waals surface area (Å²) in [6.45, 7) is 0. The number of fused-ring (bicyclic) bond motifs is 3. The van der Waals surface area contributed by atoms with Crippen molar-refractivity contribution < 1.29 is 0 Å². The molecule has 0 saturated heterocycles. The molecule has 3 rings (SSSR count). The first-order valence-corrected chi connectivity index (χ1v) is 5.29. The van der Waals surface area contributed by atoms with Crippen LogP contribution < -0.4 is 0 Å². The molecule has 0 bridgehead atoms. The van der Waals surface area contributed by atoms with Crippen LogP contribution in [-0.4, -0.2) is 4.40 Å². The summed E-state index contributed by atoms with van der Waals surface area (Å²) in [5.41, 5.74) is 1.25. The Labute approximate surface area is 90.1 Å². The second-order valence-electron chi connectivity index (χ2n) is 3.32. The largest absolute Gasteiger partial charge is 0.323 e. The number of hydrogen-bond acceptors (Lipinski definition) is 0. The smallest absolute Gasteiger partial charge is 0.0528 e. The van der Waals surface area contributed by atoms with Crippen molar-refractivity contribution in [3.8, 4) is 0 Å². The zero-order chi connectivity index (χ0) is 9.54. The Morgan fingerprint density at radius 3 is 2.79 bits per heavy atom. The molecule has 2 heterocycles. The molecule has 0 atom stereocenters. The van der Waals surface area contributed by atoms with E-state index in [2.05, 4.69) is 63.1 Å². The number of pyridine rings is 1. The van der Waals surface area contributed by atoms with Crippen molar-refractivity contribution >= 4 is 32.2 Å². The van der Waals surface area contributed by atoms with Crippen LogP contribution in [0.15, 0.2) is 53.3 Å². The van der Waals surface area contributed by atoms with Gasteiger partial charge in [0.05, 0.1) is 5.52 Å². The van der Waals surface area contributed by atoms with Crippen molar-refractivity contribution in [3.05, 3.63) is 53.3 Å². The summed E-state index contributed by atoms with van der Waals surface area (Å²) in [7, 11) is 0. The first kappa shape index (κ1) is 8.06. The maximum Gasteiger partial charge on any atom is 0.0528 e. The van der Waals surface area contributed by atoms with E-state index < -0.39 is 0 Å². The highest BCUT2D eigenvalue weighted by Gasteiger charge is 2.03. The summed E-state index contributed by atoms with van der Waals surface area (Å²) in [5, 5.41) is 2.55. The van der Waals surface area contributed by atoms with Gasteiger partial charge >= 0.3 is 0 Å². The highest BCUT2D eigenvalue weighted by Crippen LogP contribution is 2.28. The van der Waals surface area contributed by atoms with Crippen LogP contribution in [0.3, 0.4) is 0 Å². The topological polar surface area (TPSA) is 4.41 Å². The standard InChI is InChI=1S/C12H8BrN/c13-11-5-3-4-9-10(11)8-14-7-2-1-6-12(9)14/h1-8H. The first-order chi connectivity index (χ1) is 6.86. The lowest BCUT2D eigenvalue weighted by atomic mass is 10.2. The van der Waals surface area contributed by atoms with Crippen LogP contribution in [0.2, 0.25) is 0 Å². The van der Waals surface area contributed by atoms with Crippen molar-refractivity contribution in [2.24, 2.45) is 0 Å². The predicted octanol–water partition coefficient (Wildman–Crippen LogP) is 3.86. The van der Waals surface area contributed by atoms with Crippen molar-refractivity contribution in [2.45, 2.75) is 0 Å². The monoisotopic (exact) mass is 245 g/mol. The van der Waals surface area contributed by atoms with E-state index >= 15 is 0 Å². The molecule has 68 valence electrons. The van der Waals surface area contributed by atoms with E-state index in [0.29, 0.717) is 0 Å². The van der Waals surface area contributed by atoms with Gasteiger partial charge in [0.2, 0.25) is 0 Å². The second kappa shape index (κ2) is 2.85. The molecule has 2 aromatic heterocycles. The van der Waals surface area contributed by atoms with Gasteiger partial charge in [-0.25, -0.2) is 0 Å². The Morgan fingerprint density at radius 2 is 1.86 bits per heavy atom. The number of hydrogen-bond donors (Lipinski definition) is 0. The molecule has 0 unspecified atom stereocenters. The predicted molar refractivity (Wildman–Crippen MR) is 62.6 cm³/mol. The molecular weight excluding hydrogens is 238 g/mol. The van der Waals surface area contributed by atoms with Gasteiger partial charge in [0, 0.05) is 27.6 Å². The summed E-state index contributed by atoms with van der Waals surface area (Å²) < 4.78 is 3.30. The zero-order valence-electron chi connectivity index (χ0n) is 7.44. The molecular formula is C12H8BrN. The molecule has 0 N–H and O–H groups in total. The van der Waals surface area contributed by atoms with Crippen molar-refractivity contribution in [1.82, 2.24) is 4.40 Å². The van der Waals surface area contributed by atoms with Gasteiger partial charge in [-0.1, -0.05) is 34.1 Å². The summed E-state index contributed by atoms with van der Waals surface area (Å²) in [6.07, 6.45) is 4.22. The minimum Gasteiger partial charge on any atom is -0.323 e. The Kier molecular flexibility index (Phi) is 1.64. The van der Waals surface area contributed by atoms with Crippen molar-refractivity contribution in [2.75, 3.05) is 0 Å². The number of nitrogens with zero attached hydrogens (tertiary/aromatic N) is 1. The fourth-order valence-corrected chi connectivity index (χ4v) is 2.30. The minimum atomic E-state index is 1.15. The Balaban J connectivity index is 2.63. The number of rotatable bonds is 0. The highest BCUT2D eigenvalue weighted by atomic mass is 79.9. The lowest BCUT2D eigenvalue weighted by Gasteiger charge is -1.92. The van der Waals surface area contributed by atoms with E-state index in [-0.39, 0.29) is 0 Å². The molecule has 0 aliphatic heterocycles.